The van der Waals surface area contributed by atoms with Gasteiger partial charge in [-0.15, -0.1) is 6.42 Å². The van der Waals surface area contributed by atoms with Crippen LogP contribution in [-0.4, -0.2) is 15.8 Å². The van der Waals surface area contributed by atoms with Crippen LogP contribution in [0.15, 0.2) is 6.20 Å². The summed E-state index contributed by atoms with van der Waals surface area (Å²) < 4.78 is 1.87. The highest BCUT2D eigenvalue weighted by Gasteiger charge is 2.14. The molecule has 0 aromatic carbocycles. The van der Waals surface area contributed by atoms with Gasteiger partial charge in [0.1, 0.15) is 0 Å². The van der Waals surface area contributed by atoms with Gasteiger partial charge < -0.3 is 0 Å². The van der Waals surface area contributed by atoms with Crippen molar-refractivity contribution in [1.82, 2.24) is 15.1 Å². The summed E-state index contributed by atoms with van der Waals surface area (Å²) in [6, 6.07) is 0.121. The summed E-state index contributed by atoms with van der Waals surface area (Å²) in [6.07, 6.45) is 7.57. The smallest absolute Gasteiger partial charge is 0.0712 e. The lowest BCUT2D eigenvalue weighted by molar-refractivity contribution is 0.474. The molecule has 17 heavy (non-hydrogen) atoms. The molecule has 0 aliphatic rings. The van der Waals surface area contributed by atoms with Gasteiger partial charge in [0.15, 0.2) is 0 Å². The predicted octanol–water partition coefficient (Wildman–Crippen LogP) is 2.29. The Balaban J connectivity index is 2.72. The molecule has 94 valence electrons. The molecule has 0 saturated carbocycles. The summed E-state index contributed by atoms with van der Waals surface area (Å²) in [5.41, 5.74) is 2.39. The fourth-order valence-corrected chi connectivity index (χ4v) is 1.88. The maximum atomic E-state index is 5.51. The first-order valence-electron chi connectivity index (χ1n) is 6.17. The lowest BCUT2D eigenvalue weighted by atomic mass is 10.0. The van der Waals surface area contributed by atoms with Gasteiger partial charge in [-0.05, 0) is 11.8 Å². The van der Waals surface area contributed by atoms with E-state index in [1.165, 1.54) is 5.56 Å². The molecule has 0 fully saturated rings. The summed E-state index contributed by atoms with van der Waals surface area (Å²) >= 11 is 0. The highest BCUT2D eigenvalue weighted by atomic mass is 15.3. The fraction of sp³-hybridized carbons (Fsp3) is 0.643. The third kappa shape index (κ3) is 3.61. The van der Waals surface area contributed by atoms with Crippen molar-refractivity contribution in [3.63, 3.8) is 0 Å². The van der Waals surface area contributed by atoms with E-state index in [9.17, 15) is 0 Å². The minimum Gasteiger partial charge on any atom is -0.299 e. The second-order valence-corrected chi connectivity index (χ2v) is 5.14. The van der Waals surface area contributed by atoms with Gasteiger partial charge in [0.25, 0.3) is 0 Å². The van der Waals surface area contributed by atoms with Gasteiger partial charge in [0.05, 0.1) is 11.7 Å². The number of aromatic nitrogens is 2. The summed E-state index contributed by atoms with van der Waals surface area (Å²) in [5.74, 6) is 3.67. The summed E-state index contributed by atoms with van der Waals surface area (Å²) in [7, 11) is 1.95. The lowest BCUT2D eigenvalue weighted by Gasteiger charge is -2.16. The number of hydrogen-bond donors (Lipinski definition) is 1. The highest BCUT2D eigenvalue weighted by Crippen LogP contribution is 2.17. The summed E-state index contributed by atoms with van der Waals surface area (Å²) in [6.45, 7) is 9.36. The molecule has 0 radical (unpaired) electrons. The molecule has 3 heteroatoms. The normalized spacial score (nSPS) is 13.1. The van der Waals surface area contributed by atoms with Crippen LogP contribution in [0.5, 0.6) is 0 Å². The molecule has 1 aromatic heterocycles. The standard InChI is InChI=1S/C14H23N3/c1-7-13(10(2)3)15-8-12-9-17(6)16-14(12)11(4)5/h1,9-11,13,15H,8H2,2-6H3. The Morgan fingerprint density at radius 1 is 1.41 bits per heavy atom. The van der Waals surface area contributed by atoms with Crippen LogP contribution in [0.3, 0.4) is 0 Å². The van der Waals surface area contributed by atoms with Gasteiger partial charge in [-0.2, -0.15) is 5.10 Å². The quantitative estimate of drug-likeness (QED) is 0.791. The maximum absolute atomic E-state index is 5.51. The number of hydrogen-bond acceptors (Lipinski definition) is 2. The van der Waals surface area contributed by atoms with Gasteiger partial charge in [-0.3, -0.25) is 10.00 Å². The zero-order valence-electron chi connectivity index (χ0n) is 11.5. The Hall–Kier alpha value is -1.27. The average Bonchev–Trinajstić information content (AvgIpc) is 2.60. The SMILES string of the molecule is C#CC(NCc1cn(C)nc1C(C)C)C(C)C. The zero-order valence-corrected chi connectivity index (χ0v) is 11.5. The molecule has 1 N–H and O–H groups in total. The molecule has 3 nitrogen and oxygen atoms in total. The molecule has 0 bridgehead atoms. The molecule has 1 heterocycles. The van der Waals surface area contributed by atoms with E-state index in [-0.39, 0.29) is 6.04 Å². The monoisotopic (exact) mass is 233 g/mol. The van der Waals surface area contributed by atoms with Crippen LogP contribution in [0, 0.1) is 18.3 Å². The van der Waals surface area contributed by atoms with Crippen molar-refractivity contribution in [2.45, 2.75) is 46.2 Å². The first-order chi connectivity index (χ1) is 7.95. The molecule has 1 aromatic rings. The van der Waals surface area contributed by atoms with E-state index in [0.717, 1.165) is 12.2 Å². The van der Waals surface area contributed by atoms with Crippen LogP contribution in [0.1, 0.15) is 44.9 Å². The molecule has 0 aliphatic carbocycles. The number of nitrogens with zero attached hydrogens (tertiary/aromatic N) is 2. The second kappa shape index (κ2) is 5.88. The Kier molecular flexibility index (Phi) is 4.77. The van der Waals surface area contributed by atoms with Crippen molar-refractivity contribution in [2.75, 3.05) is 0 Å². The van der Waals surface area contributed by atoms with Crippen molar-refractivity contribution >= 4 is 0 Å². The van der Waals surface area contributed by atoms with Gasteiger partial charge >= 0.3 is 0 Å². The number of terminal acetylenes is 1. The van der Waals surface area contributed by atoms with E-state index < -0.39 is 0 Å². The van der Waals surface area contributed by atoms with E-state index in [4.69, 9.17) is 6.42 Å². The van der Waals surface area contributed by atoms with Crippen molar-refractivity contribution < 1.29 is 0 Å². The first-order valence-corrected chi connectivity index (χ1v) is 6.17. The van der Waals surface area contributed by atoms with Crippen molar-refractivity contribution in [2.24, 2.45) is 13.0 Å². The number of nitrogens with one attached hydrogen (secondary N) is 1. The average molecular weight is 233 g/mol. The van der Waals surface area contributed by atoms with Gasteiger partial charge in [0.2, 0.25) is 0 Å². The van der Waals surface area contributed by atoms with Crippen LogP contribution >= 0.6 is 0 Å². The Morgan fingerprint density at radius 2 is 2.06 bits per heavy atom. The van der Waals surface area contributed by atoms with E-state index in [2.05, 4.69) is 50.2 Å². The van der Waals surface area contributed by atoms with Crippen LogP contribution in [0.4, 0.5) is 0 Å². The molecular weight excluding hydrogens is 210 g/mol. The van der Waals surface area contributed by atoms with Gasteiger partial charge in [0, 0.05) is 25.4 Å². The minimum absolute atomic E-state index is 0.121. The fourth-order valence-electron chi connectivity index (χ4n) is 1.88. The Bertz CT molecular complexity index is 396. The molecular formula is C14H23N3. The second-order valence-electron chi connectivity index (χ2n) is 5.14. The summed E-state index contributed by atoms with van der Waals surface area (Å²) in [5, 5.41) is 7.89. The topological polar surface area (TPSA) is 29.9 Å². The zero-order chi connectivity index (χ0) is 13.0. The van der Waals surface area contributed by atoms with Crippen LogP contribution in [-0.2, 0) is 13.6 Å². The first kappa shape index (κ1) is 13.8. The molecule has 0 spiro atoms. The number of aryl methyl sites for hydroxylation is 1. The largest absolute Gasteiger partial charge is 0.299 e. The highest BCUT2D eigenvalue weighted by molar-refractivity contribution is 5.20. The Labute approximate surface area is 105 Å². The van der Waals surface area contributed by atoms with Gasteiger partial charge in [-0.25, -0.2) is 0 Å². The minimum atomic E-state index is 0.121. The Morgan fingerprint density at radius 3 is 2.53 bits per heavy atom. The number of rotatable bonds is 5. The molecule has 1 rings (SSSR count). The van der Waals surface area contributed by atoms with Crippen LogP contribution in [0.2, 0.25) is 0 Å². The van der Waals surface area contributed by atoms with Crippen LogP contribution in [0.25, 0.3) is 0 Å². The third-order valence-corrected chi connectivity index (χ3v) is 2.84. The molecule has 0 aliphatic heterocycles. The van der Waals surface area contributed by atoms with Crippen LogP contribution < -0.4 is 5.32 Å². The lowest BCUT2D eigenvalue weighted by Crippen LogP contribution is -2.32. The third-order valence-electron chi connectivity index (χ3n) is 2.84. The molecule has 1 unspecified atom stereocenters. The predicted molar refractivity (Wildman–Crippen MR) is 71.6 cm³/mol. The van der Waals surface area contributed by atoms with Crippen molar-refractivity contribution in [3.8, 4) is 12.3 Å². The van der Waals surface area contributed by atoms with Gasteiger partial charge in [-0.1, -0.05) is 33.6 Å². The molecule has 0 amide bonds. The van der Waals surface area contributed by atoms with E-state index in [1.54, 1.807) is 0 Å². The van der Waals surface area contributed by atoms with E-state index in [1.807, 2.05) is 11.7 Å². The van der Waals surface area contributed by atoms with E-state index in [0.29, 0.717) is 11.8 Å². The molecule has 0 saturated heterocycles. The summed E-state index contributed by atoms with van der Waals surface area (Å²) in [4.78, 5) is 0. The van der Waals surface area contributed by atoms with Crippen molar-refractivity contribution in [1.29, 1.82) is 0 Å². The maximum Gasteiger partial charge on any atom is 0.0712 e. The van der Waals surface area contributed by atoms with E-state index >= 15 is 0 Å². The molecule has 1 atom stereocenters. The van der Waals surface area contributed by atoms with Crippen molar-refractivity contribution in [3.05, 3.63) is 17.5 Å².